The molecule has 0 fully saturated rings. The molecule has 0 radical (unpaired) electrons. The third-order valence-corrected chi connectivity index (χ3v) is 5.39. The molecule has 3 nitrogen and oxygen atoms in total. The molecule has 1 atom stereocenters. The zero-order valence-corrected chi connectivity index (χ0v) is 13.5. The van der Waals surface area contributed by atoms with E-state index in [0.29, 0.717) is 4.90 Å². The van der Waals surface area contributed by atoms with Crippen molar-refractivity contribution >= 4 is 25.8 Å². The van der Waals surface area contributed by atoms with Gasteiger partial charge in [0.1, 0.15) is 0 Å². The highest BCUT2D eigenvalue weighted by Gasteiger charge is 2.19. The lowest BCUT2D eigenvalue weighted by molar-refractivity contribution is 0.589. The standard InChI is InChI=1S/C15H16BrNO2S/c1-11-2-4-12(5-3-11)15(17)10-20(18,19)14-8-6-13(16)7-9-14/h2-9,15H,10,17H2,1H3. The van der Waals surface area contributed by atoms with Gasteiger partial charge in [0.2, 0.25) is 0 Å². The summed E-state index contributed by atoms with van der Waals surface area (Å²) in [6, 6.07) is 13.7. The van der Waals surface area contributed by atoms with Crippen LogP contribution in [-0.2, 0) is 9.84 Å². The van der Waals surface area contributed by atoms with E-state index in [9.17, 15) is 8.42 Å². The van der Waals surface area contributed by atoms with E-state index in [4.69, 9.17) is 5.73 Å². The Morgan fingerprint density at radius 1 is 1.05 bits per heavy atom. The Balaban J connectivity index is 2.19. The number of rotatable bonds is 4. The van der Waals surface area contributed by atoms with Gasteiger partial charge >= 0.3 is 0 Å². The minimum Gasteiger partial charge on any atom is -0.323 e. The molecule has 0 saturated carbocycles. The quantitative estimate of drug-likeness (QED) is 0.917. The molecule has 5 heteroatoms. The topological polar surface area (TPSA) is 60.2 Å². The summed E-state index contributed by atoms with van der Waals surface area (Å²) in [6.07, 6.45) is 0. The zero-order valence-electron chi connectivity index (χ0n) is 11.1. The van der Waals surface area contributed by atoms with Crippen molar-refractivity contribution in [2.75, 3.05) is 5.75 Å². The van der Waals surface area contributed by atoms with Gasteiger partial charge < -0.3 is 5.73 Å². The first-order valence-electron chi connectivity index (χ1n) is 6.19. The van der Waals surface area contributed by atoms with E-state index in [2.05, 4.69) is 15.9 Å². The normalized spacial score (nSPS) is 13.2. The van der Waals surface area contributed by atoms with Crippen LogP contribution in [0.3, 0.4) is 0 Å². The summed E-state index contributed by atoms with van der Waals surface area (Å²) in [5, 5.41) is 0. The predicted octanol–water partition coefficient (Wildman–Crippen LogP) is 3.23. The average molecular weight is 354 g/mol. The Hall–Kier alpha value is -1.17. The molecule has 0 aromatic heterocycles. The van der Waals surface area contributed by atoms with E-state index in [-0.39, 0.29) is 5.75 Å². The lowest BCUT2D eigenvalue weighted by atomic mass is 10.1. The van der Waals surface area contributed by atoms with Gasteiger partial charge in [-0.2, -0.15) is 0 Å². The minimum atomic E-state index is -3.38. The summed E-state index contributed by atoms with van der Waals surface area (Å²) in [6.45, 7) is 1.98. The van der Waals surface area contributed by atoms with E-state index < -0.39 is 15.9 Å². The molecule has 1 unspecified atom stereocenters. The predicted molar refractivity (Wildman–Crippen MR) is 84.3 cm³/mol. The highest BCUT2D eigenvalue weighted by Crippen LogP contribution is 2.20. The van der Waals surface area contributed by atoms with Gasteiger partial charge in [-0.15, -0.1) is 0 Å². The molecule has 0 amide bonds. The highest BCUT2D eigenvalue weighted by atomic mass is 79.9. The van der Waals surface area contributed by atoms with Crippen LogP contribution < -0.4 is 5.73 Å². The summed E-state index contributed by atoms with van der Waals surface area (Å²) >= 11 is 3.29. The molecule has 0 aliphatic carbocycles. The van der Waals surface area contributed by atoms with Gasteiger partial charge in [-0.05, 0) is 36.8 Å². The zero-order chi connectivity index (χ0) is 14.8. The fraction of sp³-hybridized carbons (Fsp3) is 0.200. The highest BCUT2D eigenvalue weighted by molar-refractivity contribution is 9.10. The Kier molecular flexibility index (Phi) is 4.62. The average Bonchev–Trinajstić information content (AvgIpc) is 2.39. The van der Waals surface area contributed by atoms with Gasteiger partial charge in [0.25, 0.3) is 0 Å². The largest absolute Gasteiger partial charge is 0.323 e. The van der Waals surface area contributed by atoms with Gasteiger partial charge in [-0.25, -0.2) is 8.42 Å². The minimum absolute atomic E-state index is 0.0995. The third kappa shape index (κ3) is 3.69. The van der Waals surface area contributed by atoms with Crippen molar-refractivity contribution in [1.29, 1.82) is 0 Å². The van der Waals surface area contributed by atoms with E-state index in [1.807, 2.05) is 31.2 Å². The van der Waals surface area contributed by atoms with Crippen LogP contribution in [0.2, 0.25) is 0 Å². The number of sulfone groups is 1. The molecular formula is C15H16BrNO2S. The molecule has 0 spiro atoms. The SMILES string of the molecule is Cc1ccc(C(N)CS(=O)(=O)c2ccc(Br)cc2)cc1. The van der Waals surface area contributed by atoms with Gasteiger partial charge in [0, 0.05) is 10.5 Å². The second-order valence-corrected chi connectivity index (χ2v) is 7.70. The molecule has 2 rings (SSSR count). The van der Waals surface area contributed by atoms with Crippen molar-refractivity contribution < 1.29 is 8.42 Å². The summed E-state index contributed by atoms with van der Waals surface area (Å²) in [5.74, 6) is -0.0995. The maximum atomic E-state index is 12.3. The Morgan fingerprint density at radius 3 is 2.15 bits per heavy atom. The molecule has 0 saturated heterocycles. The first-order valence-corrected chi connectivity index (χ1v) is 8.63. The van der Waals surface area contributed by atoms with Gasteiger partial charge in [-0.3, -0.25) is 0 Å². The van der Waals surface area contributed by atoms with Gasteiger partial charge in [0.05, 0.1) is 10.6 Å². The molecule has 2 aromatic carbocycles. The number of benzene rings is 2. The van der Waals surface area contributed by atoms with Crippen molar-refractivity contribution in [3.05, 3.63) is 64.1 Å². The fourth-order valence-corrected chi connectivity index (χ4v) is 3.56. The number of hydrogen-bond acceptors (Lipinski definition) is 3. The lowest BCUT2D eigenvalue weighted by Crippen LogP contribution is -2.21. The van der Waals surface area contributed by atoms with Crippen molar-refractivity contribution in [3.63, 3.8) is 0 Å². The molecule has 0 bridgehead atoms. The summed E-state index contributed by atoms with van der Waals surface area (Å²) in [4.78, 5) is 0.295. The maximum Gasteiger partial charge on any atom is 0.180 e. The first kappa shape index (κ1) is 15.2. The number of hydrogen-bond donors (Lipinski definition) is 1. The number of nitrogens with two attached hydrogens (primary N) is 1. The van der Waals surface area contributed by atoms with Crippen LogP contribution in [0.1, 0.15) is 17.2 Å². The molecule has 0 aliphatic rings. The monoisotopic (exact) mass is 353 g/mol. The van der Waals surface area contributed by atoms with Crippen LogP contribution in [-0.4, -0.2) is 14.2 Å². The van der Waals surface area contributed by atoms with Crippen LogP contribution in [0.4, 0.5) is 0 Å². The van der Waals surface area contributed by atoms with E-state index >= 15 is 0 Å². The van der Waals surface area contributed by atoms with E-state index in [1.54, 1.807) is 24.3 Å². The van der Waals surface area contributed by atoms with Crippen LogP contribution in [0.5, 0.6) is 0 Å². The number of aryl methyl sites for hydroxylation is 1. The first-order chi connectivity index (χ1) is 9.38. The second-order valence-electron chi connectivity index (χ2n) is 4.75. The van der Waals surface area contributed by atoms with Crippen LogP contribution in [0.15, 0.2) is 57.9 Å². The Labute approximate surface area is 127 Å². The summed E-state index contributed by atoms with van der Waals surface area (Å²) in [5.41, 5.74) is 7.96. The molecule has 0 aliphatic heterocycles. The van der Waals surface area contributed by atoms with Crippen molar-refractivity contribution in [2.45, 2.75) is 17.9 Å². The van der Waals surface area contributed by atoms with E-state index in [1.165, 1.54) is 0 Å². The molecule has 0 heterocycles. The van der Waals surface area contributed by atoms with Crippen molar-refractivity contribution in [1.82, 2.24) is 0 Å². The molecule has 2 aromatic rings. The lowest BCUT2D eigenvalue weighted by Gasteiger charge is -2.13. The second kappa shape index (κ2) is 6.08. The Morgan fingerprint density at radius 2 is 1.60 bits per heavy atom. The molecule has 106 valence electrons. The number of halogens is 1. The summed E-state index contributed by atoms with van der Waals surface area (Å²) < 4.78 is 25.4. The fourth-order valence-electron chi connectivity index (χ4n) is 1.88. The van der Waals surface area contributed by atoms with Crippen molar-refractivity contribution in [3.8, 4) is 0 Å². The molecule has 20 heavy (non-hydrogen) atoms. The molecular weight excluding hydrogens is 338 g/mol. The Bertz CT molecular complexity index is 679. The molecule has 2 N–H and O–H groups in total. The van der Waals surface area contributed by atoms with Crippen molar-refractivity contribution in [2.24, 2.45) is 5.73 Å². The van der Waals surface area contributed by atoms with Crippen LogP contribution in [0, 0.1) is 6.92 Å². The summed E-state index contributed by atoms with van der Waals surface area (Å²) in [7, 11) is -3.38. The van der Waals surface area contributed by atoms with Gasteiger partial charge in [-0.1, -0.05) is 45.8 Å². The smallest absolute Gasteiger partial charge is 0.180 e. The maximum absolute atomic E-state index is 12.3. The van der Waals surface area contributed by atoms with Crippen LogP contribution in [0.25, 0.3) is 0 Å². The van der Waals surface area contributed by atoms with Crippen LogP contribution >= 0.6 is 15.9 Å². The van der Waals surface area contributed by atoms with Gasteiger partial charge in [0.15, 0.2) is 9.84 Å². The third-order valence-electron chi connectivity index (χ3n) is 3.08. The van der Waals surface area contributed by atoms with E-state index in [0.717, 1.165) is 15.6 Å².